The number of benzene rings is 6. The van der Waals surface area contributed by atoms with Gasteiger partial charge in [-0.3, -0.25) is 0 Å². The topological polar surface area (TPSA) is 21.3 Å². The van der Waals surface area contributed by atoms with E-state index in [0.29, 0.717) is 0 Å². The molecule has 42 heavy (non-hydrogen) atoms. The third-order valence-corrected chi connectivity index (χ3v) is 9.17. The minimum Gasteiger partial charge on any atom is -0.456 e. The van der Waals surface area contributed by atoms with Crippen LogP contribution in [0.25, 0.3) is 49.4 Å². The summed E-state index contributed by atoms with van der Waals surface area (Å²) in [6.07, 6.45) is 0. The highest BCUT2D eigenvalue weighted by atomic mass is 16.3. The Kier molecular flexibility index (Phi) is 4.67. The summed E-state index contributed by atoms with van der Waals surface area (Å²) in [5.74, 6) is 0. The van der Waals surface area contributed by atoms with Crippen molar-refractivity contribution in [2.24, 2.45) is 0 Å². The van der Waals surface area contributed by atoms with Gasteiger partial charge in [-0.15, -0.1) is 0 Å². The minimum absolute atomic E-state index is 0.0836. The molecule has 2 aromatic heterocycles. The van der Waals surface area contributed by atoms with E-state index in [-0.39, 0.29) is 5.41 Å². The van der Waals surface area contributed by atoms with E-state index in [1.54, 1.807) is 0 Å². The third-order valence-electron chi connectivity index (χ3n) is 9.17. The third kappa shape index (κ3) is 3.11. The second-order valence-corrected chi connectivity index (χ2v) is 11.8. The number of rotatable bonds is 2. The molecule has 3 heterocycles. The van der Waals surface area contributed by atoms with E-state index < -0.39 is 0 Å². The van der Waals surface area contributed by atoms with Crippen LogP contribution in [-0.4, -0.2) is 4.57 Å². The van der Waals surface area contributed by atoms with Crippen molar-refractivity contribution in [3.8, 4) is 5.69 Å². The quantitative estimate of drug-likeness (QED) is 0.217. The maximum Gasteiger partial charge on any atom is 0.135 e. The first kappa shape index (κ1) is 23.4. The molecule has 6 aromatic carbocycles. The van der Waals surface area contributed by atoms with Crippen molar-refractivity contribution in [2.45, 2.75) is 19.3 Å². The number of nitrogens with zero attached hydrogens (tertiary/aromatic N) is 2. The summed E-state index contributed by atoms with van der Waals surface area (Å²) >= 11 is 0. The zero-order valence-electron chi connectivity index (χ0n) is 23.5. The Morgan fingerprint density at radius 1 is 0.476 bits per heavy atom. The van der Waals surface area contributed by atoms with Crippen LogP contribution in [0.2, 0.25) is 0 Å². The van der Waals surface area contributed by atoms with Crippen LogP contribution < -0.4 is 4.90 Å². The number of hydrogen-bond donors (Lipinski definition) is 0. The molecule has 3 heteroatoms. The molecule has 0 saturated carbocycles. The average Bonchev–Trinajstić information content (AvgIpc) is 3.56. The lowest BCUT2D eigenvalue weighted by Gasteiger charge is -2.42. The summed E-state index contributed by atoms with van der Waals surface area (Å²) in [5, 5.41) is 4.75. The summed E-state index contributed by atoms with van der Waals surface area (Å²) in [7, 11) is 0. The fraction of sp³-hybridized carbons (Fsp3) is 0.0769. The van der Waals surface area contributed by atoms with Crippen molar-refractivity contribution in [1.82, 2.24) is 4.57 Å². The molecule has 0 bridgehead atoms. The van der Waals surface area contributed by atoms with Crippen molar-refractivity contribution < 1.29 is 4.42 Å². The average molecular weight is 541 g/mol. The molecule has 0 amide bonds. The molecule has 0 aliphatic carbocycles. The van der Waals surface area contributed by atoms with Crippen LogP contribution in [0, 0.1) is 0 Å². The molecule has 9 rings (SSSR count). The molecular weight excluding hydrogens is 512 g/mol. The number of furan rings is 1. The lowest BCUT2D eigenvalue weighted by atomic mass is 9.73. The molecule has 3 nitrogen and oxygen atoms in total. The predicted molar refractivity (Wildman–Crippen MR) is 175 cm³/mol. The zero-order chi connectivity index (χ0) is 28.0. The number of anilines is 3. The normalized spacial score (nSPS) is 14.1. The Labute approximate surface area is 243 Å². The standard InChI is InChI=1S/C39H28N2O/c1-39(2)31-13-5-8-16-35(31)41(36-17-9-6-14-32(36)39)25-19-21-34-29(23-25)27-11-3-7-15-33(27)40(34)26-20-22-38-30(24-26)28-12-4-10-18-37(28)42-38/h3-24H,1-2H3. The van der Waals surface area contributed by atoms with E-state index in [1.807, 2.05) is 12.1 Å². The van der Waals surface area contributed by atoms with Crippen molar-refractivity contribution in [3.63, 3.8) is 0 Å². The SMILES string of the molecule is CC1(C)c2ccccc2N(c2ccc3c(c2)c2ccccc2n3-c2ccc3oc4ccccc4c3c2)c2ccccc21. The number of para-hydroxylation sites is 4. The number of hydrogen-bond acceptors (Lipinski definition) is 2. The van der Waals surface area contributed by atoms with Gasteiger partial charge in [0.1, 0.15) is 11.2 Å². The molecule has 0 spiro atoms. The Morgan fingerprint density at radius 3 is 1.83 bits per heavy atom. The van der Waals surface area contributed by atoms with E-state index in [1.165, 1.54) is 44.3 Å². The van der Waals surface area contributed by atoms with Crippen molar-refractivity contribution in [2.75, 3.05) is 4.90 Å². The molecular formula is C39H28N2O. The van der Waals surface area contributed by atoms with Gasteiger partial charge in [-0.1, -0.05) is 86.6 Å². The summed E-state index contributed by atoms with van der Waals surface area (Å²) in [5.41, 5.74) is 11.6. The smallest absolute Gasteiger partial charge is 0.135 e. The van der Waals surface area contributed by atoms with E-state index in [4.69, 9.17) is 4.42 Å². The summed E-state index contributed by atoms with van der Waals surface area (Å²) in [6.45, 7) is 4.66. The minimum atomic E-state index is -0.0836. The van der Waals surface area contributed by atoms with Crippen LogP contribution in [0.1, 0.15) is 25.0 Å². The molecule has 1 aliphatic heterocycles. The fourth-order valence-corrected chi connectivity index (χ4v) is 7.18. The second kappa shape index (κ2) is 8.37. The van der Waals surface area contributed by atoms with E-state index in [2.05, 4.69) is 145 Å². The highest BCUT2D eigenvalue weighted by molar-refractivity contribution is 6.12. The Bertz CT molecular complexity index is 2300. The lowest BCUT2D eigenvalue weighted by molar-refractivity contribution is 0.632. The van der Waals surface area contributed by atoms with E-state index >= 15 is 0 Å². The lowest BCUT2D eigenvalue weighted by Crippen LogP contribution is -2.30. The van der Waals surface area contributed by atoms with Crippen LogP contribution in [0.15, 0.2) is 138 Å². The van der Waals surface area contributed by atoms with Gasteiger partial charge in [-0.25, -0.2) is 0 Å². The highest BCUT2D eigenvalue weighted by Crippen LogP contribution is 2.52. The molecule has 0 atom stereocenters. The summed E-state index contributed by atoms with van der Waals surface area (Å²) in [4.78, 5) is 2.44. The highest BCUT2D eigenvalue weighted by Gasteiger charge is 2.36. The van der Waals surface area contributed by atoms with Gasteiger partial charge in [-0.2, -0.15) is 0 Å². The first-order valence-electron chi connectivity index (χ1n) is 14.5. The molecule has 1 aliphatic rings. The molecule has 0 N–H and O–H groups in total. The molecule has 200 valence electrons. The Morgan fingerprint density at radius 2 is 1.05 bits per heavy atom. The van der Waals surface area contributed by atoms with Crippen molar-refractivity contribution in [1.29, 1.82) is 0 Å². The maximum absolute atomic E-state index is 6.14. The van der Waals surface area contributed by atoms with E-state index in [9.17, 15) is 0 Å². The second-order valence-electron chi connectivity index (χ2n) is 11.8. The Hall–Kier alpha value is -5.28. The van der Waals surface area contributed by atoms with Crippen molar-refractivity contribution in [3.05, 3.63) is 145 Å². The van der Waals surface area contributed by atoms with Crippen LogP contribution >= 0.6 is 0 Å². The van der Waals surface area contributed by atoms with Gasteiger partial charge >= 0.3 is 0 Å². The molecule has 0 unspecified atom stereocenters. The largest absolute Gasteiger partial charge is 0.456 e. The van der Waals surface area contributed by atoms with Gasteiger partial charge in [0.05, 0.1) is 22.4 Å². The summed E-state index contributed by atoms with van der Waals surface area (Å²) in [6, 6.07) is 48.1. The number of fused-ring (bicyclic) bond motifs is 8. The summed E-state index contributed by atoms with van der Waals surface area (Å²) < 4.78 is 8.53. The molecule has 8 aromatic rings. The predicted octanol–water partition coefficient (Wildman–Crippen LogP) is 10.8. The van der Waals surface area contributed by atoms with Gasteiger partial charge in [0, 0.05) is 38.3 Å². The van der Waals surface area contributed by atoms with Gasteiger partial charge in [0.15, 0.2) is 0 Å². The van der Waals surface area contributed by atoms with Gasteiger partial charge in [0.25, 0.3) is 0 Å². The number of aromatic nitrogens is 1. The first-order valence-corrected chi connectivity index (χ1v) is 14.5. The molecule has 0 fully saturated rings. The van der Waals surface area contributed by atoms with Gasteiger partial charge < -0.3 is 13.9 Å². The van der Waals surface area contributed by atoms with Gasteiger partial charge in [0.2, 0.25) is 0 Å². The van der Waals surface area contributed by atoms with Crippen molar-refractivity contribution >= 4 is 60.8 Å². The monoisotopic (exact) mass is 540 g/mol. The van der Waals surface area contributed by atoms with Crippen LogP contribution in [0.4, 0.5) is 17.1 Å². The van der Waals surface area contributed by atoms with E-state index in [0.717, 1.165) is 33.3 Å². The van der Waals surface area contributed by atoms with Gasteiger partial charge in [-0.05, 0) is 71.8 Å². The van der Waals surface area contributed by atoms with Crippen LogP contribution in [-0.2, 0) is 5.41 Å². The maximum atomic E-state index is 6.14. The zero-order valence-corrected chi connectivity index (χ0v) is 23.5. The molecule has 0 saturated heterocycles. The van der Waals surface area contributed by atoms with Crippen LogP contribution in [0.5, 0.6) is 0 Å². The van der Waals surface area contributed by atoms with Crippen LogP contribution in [0.3, 0.4) is 0 Å². The molecule has 0 radical (unpaired) electrons. The fourth-order valence-electron chi connectivity index (χ4n) is 7.18. The Balaban J connectivity index is 1.30. The first-order chi connectivity index (χ1) is 20.6.